The van der Waals surface area contributed by atoms with E-state index in [-0.39, 0.29) is 0 Å². The molecule has 78 valence electrons. The summed E-state index contributed by atoms with van der Waals surface area (Å²) in [7, 11) is 0. The molecule has 1 rings (SSSR count). The topological polar surface area (TPSA) is 43.1 Å². The summed E-state index contributed by atoms with van der Waals surface area (Å²) in [5, 5.41) is 10.3. The minimum atomic E-state index is -4.57. The summed E-state index contributed by atoms with van der Waals surface area (Å²) in [5.74, 6) is -2.01. The van der Waals surface area contributed by atoms with Crippen molar-refractivity contribution in [2.24, 2.45) is 5.92 Å². The van der Waals surface area contributed by atoms with Gasteiger partial charge in [-0.2, -0.15) is 13.2 Å². The fraction of sp³-hybridized carbons (Fsp3) is 0.500. The van der Waals surface area contributed by atoms with Crippen LogP contribution in [0.15, 0.2) is 23.8 Å². The fourth-order valence-electron chi connectivity index (χ4n) is 1.30. The van der Waals surface area contributed by atoms with Crippen molar-refractivity contribution in [1.82, 2.24) is 0 Å². The van der Waals surface area contributed by atoms with E-state index in [9.17, 15) is 23.3 Å². The molecular formula is C8H8F3NO2. The first-order valence-electron chi connectivity index (χ1n) is 3.89. The minimum Gasteiger partial charge on any atom is -0.264 e. The summed E-state index contributed by atoms with van der Waals surface area (Å²) in [5.41, 5.74) is 0.394. The Morgan fingerprint density at radius 1 is 1.50 bits per heavy atom. The maximum atomic E-state index is 12.3. The van der Waals surface area contributed by atoms with Gasteiger partial charge in [0.1, 0.15) is 5.92 Å². The van der Waals surface area contributed by atoms with Gasteiger partial charge in [-0.25, -0.2) is 0 Å². The summed E-state index contributed by atoms with van der Waals surface area (Å²) < 4.78 is 37.0. The number of rotatable bonds is 1. The number of allylic oxidation sites excluding steroid dienone is 2. The summed E-state index contributed by atoms with van der Waals surface area (Å²) in [6.45, 7) is 1.48. The van der Waals surface area contributed by atoms with Gasteiger partial charge in [0.15, 0.2) is 0 Å². The lowest BCUT2D eigenvalue weighted by Gasteiger charge is -2.21. The molecule has 0 heterocycles. The van der Waals surface area contributed by atoms with E-state index in [2.05, 4.69) is 0 Å². The van der Waals surface area contributed by atoms with Crippen LogP contribution in [0.3, 0.4) is 0 Å². The van der Waals surface area contributed by atoms with Crippen molar-refractivity contribution < 1.29 is 18.1 Å². The van der Waals surface area contributed by atoms with Gasteiger partial charge < -0.3 is 0 Å². The third-order valence-corrected chi connectivity index (χ3v) is 1.99. The van der Waals surface area contributed by atoms with Gasteiger partial charge in [0.2, 0.25) is 6.04 Å². The second-order valence-corrected chi connectivity index (χ2v) is 3.11. The molecule has 0 saturated carbocycles. The Morgan fingerprint density at radius 2 is 2.07 bits per heavy atom. The van der Waals surface area contributed by atoms with E-state index in [0.29, 0.717) is 5.57 Å². The van der Waals surface area contributed by atoms with E-state index in [1.54, 1.807) is 0 Å². The van der Waals surface area contributed by atoms with Gasteiger partial charge in [-0.05, 0) is 13.0 Å². The van der Waals surface area contributed by atoms with Crippen LogP contribution in [0.5, 0.6) is 0 Å². The lowest BCUT2D eigenvalue weighted by Crippen LogP contribution is -2.37. The lowest BCUT2D eigenvalue weighted by atomic mass is 9.92. The number of halogens is 3. The molecule has 14 heavy (non-hydrogen) atoms. The molecule has 0 spiro atoms. The van der Waals surface area contributed by atoms with Crippen LogP contribution in [0.4, 0.5) is 13.2 Å². The largest absolute Gasteiger partial charge is 0.402 e. The highest BCUT2D eigenvalue weighted by molar-refractivity contribution is 5.25. The first-order valence-corrected chi connectivity index (χ1v) is 3.89. The predicted molar refractivity (Wildman–Crippen MR) is 43.2 cm³/mol. The predicted octanol–water partition coefficient (Wildman–Crippen LogP) is 2.33. The molecule has 1 aliphatic rings. The van der Waals surface area contributed by atoms with Crippen LogP contribution in [0.2, 0.25) is 0 Å². The summed E-state index contributed by atoms with van der Waals surface area (Å²) in [4.78, 5) is 9.42. The summed E-state index contributed by atoms with van der Waals surface area (Å²) in [6, 6.07) is -1.70. The molecule has 6 heteroatoms. The highest BCUT2D eigenvalue weighted by Crippen LogP contribution is 2.34. The van der Waals surface area contributed by atoms with Crippen molar-refractivity contribution in [3.8, 4) is 0 Å². The Bertz CT molecular complexity index is 306. The molecule has 0 aromatic rings. The van der Waals surface area contributed by atoms with E-state index < -0.39 is 23.1 Å². The number of hydrogen-bond donors (Lipinski definition) is 0. The lowest BCUT2D eigenvalue weighted by molar-refractivity contribution is -0.525. The third-order valence-electron chi connectivity index (χ3n) is 1.99. The molecule has 1 aliphatic carbocycles. The Hall–Kier alpha value is -1.33. The Labute approximate surface area is 78.1 Å². The fourth-order valence-corrected chi connectivity index (χ4v) is 1.30. The van der Waals surface area contributed by atoms with Crippen molar-refractivity contribution in [2.75, 3.05) is 0 Å². The first-order chi connectivity index (χ1) is 6.32. The number of nitro groups is 1. The Kier molecular flexibility index (Phi) is 2.64. The highest BCUT2D eigenvalue weighted by Gasteiger charge is 2.48. The van der Waals surface area contributed by atoms with Gasteiger partial charge in [0.25, 0.3) is 0 Å². The second kappa shape index (κ2) is 3.43. The van der Waals surface area contributed by atoms with Crippen LogP contribution in [0.1, 0.15) is 6.92 Å². The smallest absolute Gasteiger partial charge is 0.264 e. The van der Waals surface area contributed by atoms with Gasteiger partial charge in [-0.15, -0.1) is 0 Å². The molecule has 0 N–H and O–H groups in total. The van der Waals surface area contributed by atoms with Crippen molar-refractivity contribution >= 4 is 0 Å². The standard InChI is InChI=1S/C8H8F3NO2/c1-5-2-3-7(12(13)14)6(4-5)8(9,10)11/h2-4,6-7H,1H3. The van der Waals surface area contributed by atoms with Gasteiger partial charge in [-0.3, -0.25) is 10.1 Å². The molecule has 0 radical (unpaired) electrons. The quantitative estimate of drug-likeness (QED) is 0.489. The average molecular weight is 207 g/mol. The van der Waals surface area contributed by atoms with E-state index in [1.165, 1.54) is 13.0 Å². The maximum absolute atomic E-state index is 12.3. The normalized spacial score (nSPS) is 27.3. The van der Waals surface area contributed by atoms with Crippen molar-refractivity contribution in [1.29, 1.82) is 0 Å². The van der Waals surface area contributed by atoms with E-state index in [1.807, 2.05) is 0 Å². The average Bonchev–Trinajstić information content (AvgIpc) is 2.01. The second-order valence-electron chi connectivity index (χ2n) is 3.11. The zero-order valence-electron chi connectivity index (χ0n) is 7.28. The highest BCUT2D eigenvalue weighted by atomic mass is 19.4. The SMILES string of the molecule is CC1=CC(C(F)(F)F)C([N+](=O)[O-])C=C1. The number of nitrogens with zero attached hydrogens (tertiary/aromatic N) is 1. The van der Waals surface area contributed by atoms with Crippen molar-refractivity contribution in [2.45, 2.75) is 19.1 Å². The molecule has 0 amide bonds. The van der Waals surface area contributed by atoms with Gasteiger partial charge in [-0.1, -0.05) is 17.7 Å². The molecule has 0 saturated heterocycles. The van der Waals surface area contributed by atoms with Crippen LogP contribution in [-0.4, -0.2) is 17.1 Å². The van der Waals surface area contributed by atoms with E-state index in [4.69, 9.17) is 0 Å². The van der Waals surface area contributed by atoms with Gasteiger partial charge in [0.05, 0.1) is 0 Å². The molecule has 0 aromatic heterocycles. The van der Waals surface area contributed by atoms with Crippen LogP contribution in [0, 0.1) is 16.0 Å². The molecule has 3 nitrogen and oxygen atoms in total. The van der Waals surface area contributed by atoms with Gasteiger partial charge in [0, 0.05) is 4.92 Å². The number of alkyl halides is 3. The van der Waals surface area contributed by atoms with Crippen molar-refractivity contribution in [3.63, 3.8) is 0 Å². The molecule has 0 aromatic carbocycles. The minimum absolute atomic E-state index is 0.394. The summed E-state index contributed by atoms with van der Waals surface area (Å²) >= 11 is 0. The van der Waals surface area contributed by atoms with E-state index in [0.717, 1.165) is 12.2 Å². The van der Waals surface area contributed by atoms with Crippen LogP contribution in [0.25, 0.3) is 0 Å². The van der Waals surface area contributed by atoms with Crippen LogP contribution >= 0.6 is 0 Å². The molecule has 0 aliphatic heterocycles. The number of hydrogen-bond acceptors (Lipinski definition) is 2. The molecule has 2 atom stereocenters. The first kappa shape index (κ1) is 10.7. The molecule has 0 fully saturated rings. The van der Waals surface area contributed by atoms with Crippen molar-refractivity contribution in [3.05, 3.63) is 33.9 Å². The zero-order valence-corrected chi connectivity index (χ0v) is 7.28. The Morgan fingerprint density at radius 3 is 2.50 bits per heavy atom. The molecular weight excluding hydrogens is 199 g/mol. The van der Waals surface area contributed by atoms with Crippen LogP contribution < -0.4 is 0 Å². The van der Waals surface area contributed by atoms with Crippen LogP contribution in [-0.2, 0) is 0 Å². The van der Waals surface area contributed by atoms with Gasteiger partial charge >= 0.3 is 6.18 Å². The maximum Gasteiger partial charge on any atom is 0.402 e. The Balaban J connectivity index is 2.99. The molecule has 0 bridgehead atoms. The third kappa shape index (κ3) is 2.12. The molecule has 2 unspecified atom stereocenters. The van der Waals surface area contributed by atoms with E-state index >= 15 is 0 Å². The monoisotopic (exact) mass is 207 g/mol. The summed E-state index contributed by atoms with van der Waals surface area (Å²) in [6.07, 6.45) is -1.37. The zero-order chi connectivity index (χ0) is 10.9.